The standard InChI is InChI=1S/C19H24N4O2/c1-21-10-4-8-16(21)17-9-5-11-23(17)18(24)12-22-13-20-15-7-3-2-6-14(15)19(22)25/h2-3,6-7,13,16-17H,4-5,8-12H2,1H3/t16-,17-/m0/s1. The Kier molecular flexibility index (Phi) is 4.29. The SMILES string of the molecule is CN1CCC[C@H]1[C@@H]1CCCN1C(=O)Cn1cnc2ccccc2c1=O. The van der Waals surface area contributed by atoms with E-state index in [4.69, 9.17) is 0 Å². The van der Waals surface area contributed by atoms with Gasteiger partial charge in [0.1, 0.15) is 6.54 Å². The van der Waals surface area contributed by atoms with Crippen LogP contribution in [0, 0.1) is 0 Å². The second kappa shape index (κ2) is 6.59. The number of aromatic nitrogens is 2. The molecule has 0 spiro atoms. The first-order chi connectivity index (χ1) is 12.1. The van der Waals surface area contributed by atoms with Gasteiger partial charge in [0.05, 0.1) is 17.2 Å². The van der Waals surface area contributed by atoms with Crippen LogP contribution in [0.25, 0.3) is 10.9 Å². The van der Waals surface area contributed by atoms with Crippen LogP contribution in [-0.4, -0.2) is 57.5 Å². The highest BCUT2D eigenvalue weighted by Crippen LogP contribution is 2.29. The van der Waals surface area contributed by atoms with E-state index in [9.17, 15) is 9.59 Å². The van der Waals surface area contributed by atoms with E-state index in [-0.39, 0.29) is 24.1 Å². The number of hydrogen-bond acceptors (Lipinski definition) is 4. The van der Waals surface area contributed by atoms with Gasteiger partial charge in [-0.1, -0.05) is 12.1 Å². The second-order valence-electron chi connectivity index (χ2n) is 7.18. The second-order valence-corrected chi connectivity index (χ2v) is 7.18. The van der Waals surface area contributed by atoms with Gasteiger partial charge < -0.3 is 9.80 Å². The van der Waals surface area contributed by atoms with Crippen LogP contribution in [-0.2, 0) is 11.3 Å². The summed E-state index contributed by atoms with van der Waals surface area (Å²) in [4.78, 5) is 34.2. The Hall–Kier alpha value is -2.21. The smallest absolute Gasteiger partial charge is 0.261 e. The molecule has 2 aliphatic heterocycles. The molecule has 0 N–H and O–H groups in total. The minimum atomic E-state index is -0.146. The zero-order chi connectivity index (χ0) is 17.4. The quantitative estimate of drug-likeness (QED) is 0.849. The van der Waals surface area contributed by atoms with Crippen LogP contribution in [0.4, 0.5) is 0 Å². The number of benzene rings is 1. The van der Waals surface area contributed by atoms with Crippen molar-refractivity contribution in [1.82, 2.24) is 19.4 Å². The summed E-state index contributed by atoms with van der Waals surface area (Å²) in [6.07, 6.45) is 5.96. The Labute approximate surface area is 147 Å². The molecule has 1 aromatic carbocycles. The van der Waals surface area contributed by atoms with Crippen molar-refractivity contribution >= 4 is 16.8 Å². The van der Waals surface area contributed by atoms with Crippen molar-refractivity contribution in [3.05, 3.63) is 40.9 Å². The third-order valence-electron chi connectivity index (χ3n) is 5.68. The summed E-state index contributed by atoms with van der Waals surface area (Å²) in [7, 11) is 2.15. The van der Waals surface area contributed by atoms with Crippen molar-refractivity contribution < 1.29 is 4.79 Å². The monoisotopic (exact) mass is 340 g/mol. The van der Waals surface area contributed by atoms with Crippen molar-refractivity contribution in [1.29, 1.82) is 0 Å². The summed E-state index contributed by atoms with van der Waals surface area (Å²) in [5, 5.41) is 0.561. The van der Waals surface area contributed by atoms with Crippen LogP contribution >= 0.6 is 0 Å². The fraction of sp³-hybridized carbons (Fsp3) is 0.526. The molecule has 2 fully saturated rings. The Morgan fingerprint density at radius 2 is 1.92 bits per heavy atom. The minimum Gasteiger partial charge on any atom is -0.337 e. The lowest BCUT2D eigenvalue weighted by Gasteiger charge is -2.33. The number of nitrogens with zero attached hydrogens (tertiary/aromatic N) is 4. The Balaban J connectivity index is 1.55. The molecule has 1 aromatic heterocycles. The summed E-state index contributed by atoms with van der Waals surface area (Å²) in [5.41, 5.74) is 0.524. The molecule has 2 aromatic rings. The maximum Gasteiger partial charge on any atom is 0.261 e. The van der Waals surface area contributed by atoms with E-state index in [0.29, 0.717) is 16.9 Å². The van der Waals surface area contributed by atoms with Gasteiger partial charge in [0.15, 0.2) is 0 Å². The van der Waals surface area contributed by atoms with Crippen LogP contribution in [0.3, 0.4) is 0 Å². The van der Waals surface area contributed by atoms with E-state index in [0.717, 1.165) is 32.4 Å². The van der Waals surface area contributed by atoms with Crippen LogP contribution in [0.15, 0.2) is 35.4 Å². The Morgan fingerprint density at radius 1 is 1.16 bits per heavy atom. The van der Waals surface area contributed by atoms with Crippen LogP contribution in [0.2, 0.25) is 0 Å². The highest BCUT2D eigenvalue weighted by Gasteiger charge is 2.38. The first-order valence-corrected chi connectivity index (χ1v) is 9.09. The van der Waals surface area contributed by atoms with E-state index < -0.39 is 0 Å². The van der Waals surface area contributed by atoms with Gasteiger partial charge in [0.25, 0.3) is 5.56 Å². The van der Waals surface area contributed by atoms with Gasteiger partial charge in [0, 0.05) is 18.6 Å². The third-order valence-corrected chi connectivity index (χ3v) is 5.68. The van der Waals surface area contributed by atoms with Crippen molar-refractivity contribution in [2.24, 2.45) is 0 Å². The van der Waals surface area contributed by atoms with Gasteiger partial charge in [-0.05, 0) is 51.4 Å². The van der Waals surface area contributed by atoms with Crippen molar-refractivity contribution in [3.8, 4) is 0 Å². The number of carbonyl (C=O) groups is 1. The average Bonchev–Trinajstić information content (AvgIpc) is 3.26. The molecule has 6 heteroatoms. The van der Waals surface area contributed by atoms with Gasteiger partial charge in [0.2, 0.25) is 5.91 Å². The van der Waals surface area contributed by atoms with Crippen LogP contribution in [0.1, 0.15) is 25.7 Å². The summed E-state index contributed by atoms with van der Waals surface area (Å²) < 4.78 is 1.44. The van der Waals surface area contributed by atoms with E-state index in [1.807, 2.05) is 23.1 Å². The molecule has 4 rings (SSSR count). The topological polar surface area (TPSA) is 58.4 Å². The predicted molar refractivity (Wildman–Crippen MR) is 96.4 cm³/mol. The molecule has 0 bridgehead atoms. The van der Waals surface area contributed by atoms with Crippen molar-refractivity contribution in [3.63, 3.8) is 0 Å². The molecule has 0 unspecified atom stereocenters. The largest absolute Gasteiger partial charge is 0.337 e. The molecular weight excluding hydrogens is 316 g/mol. The Bertz CT molecular complexity index is 847. The number of para-hydroxylation sites is 1. The van der Waals surface area contributed by atoms with E-state index >= 15 is 0 Å². The lowest BCUT2D eigenvalue weighted by molar-refractivity contribution is -0.133. The van der Waals surface area contributed by atoms with E-state index in [2.05, 4.69) is 16.9 Å². The maximum atomic E-state index is 12.9. The number of hydrogen-bond donors (Lipinski definition) is 0. The van der Waals surface area contributed by atoms with Crippen LogP contribution < -0.4 is 5.56 Å². The molecule has 0 aliphatic carbocycles. The molecule has 1 amide bonds. The zero-order valence-electron chi connectivity index (χ0n) is 14.6. The number of likely N-dealkylation sites (N-methyl/N-ethyl adjacent to an activating group) is 1. The van der Waals surface area contributed by atoms with Crippen molar-refractivity contribution in [2.45, 2.75) is 44.3 Å². The zero-order valence-corrected chi connectivity index (χ0v) is 14.6. The number of fused-ring (bicyclic) bond motifs is 1. The van der Waals surface area contributed by atoms with Gasteiger partial charge >= 0.3 is 0 Å². The molecule has 2 aliphatic rings. The summed E-state index contributed by atoms with van der Waals surface area (Å²) in [5.74, 6) is 0.0296. The number of likely N-dealkylation sites (tertiary alicyclic amines) is 2. The highest BCUT2D eigenvalue weighted by atomic mass is 16.2. The molecular formula is C19H24N4O2. The number of rotatable bonds is 3. The molecule has 3 heterocycles. The fourth-order valence-corrected chi connectivity index (χ4v) is 4.38. The molecule has 6 nitrogen and oxygen atoms in total. The first-order valence-electron chi connectivity index (χ1n) is 9.09. The lowest BCUT2D eigenvalue weighted by Crippen LogP contribution is -2.48. The molecule has 0 saturated carbocycles. The summed E-state index contributed by atoms with van der Waals surface area (Å²) in [6.45, 7) is 1.98. The number of carbonyl (C=O) groups excluding carboxylic acids is 1. The molecule has 2 atom stereocenters. The van der Waals surface area contributed by atoms with E-state index in [1.54, 1.807) is 6.07 Å². The lowest BCUT2D eigenvalue weighted by atomic mass is 10.0. The normalized spacial score (nSPS) is 24.3. The average molecular weight is 340 g/mol. The molecule has 25 heavy (non-hydrogen) atoms. The minimum absolute atomic E-state index is 0.0296. The summed E-state index contributed by atoms with van der Waals surface area (Å²) in [6, 6.07) is 8.00. The van der Waals surface area contributed by atoms with Gasteiger partial charge in [-0.25, -0.2) is 4.98 Å². The maximum absolute atomic E-state index is 12.9. The van der Waals surface area contributed by atoms with Gasteiger partial charge in [-0.3, -0.25) is 14.2 Å². The third kappa shape index (κ3) is 2.95. The highest BCUT2D eigenvalue weighted by molar-refractivity contribution is 5.79. The van der Waals surface area contributed by atoms with Gasteiger partial charge in [-0.2, -0.15) is 0 Å². The Morgan fingerprint density at radius 3 is 2.72 bits per heavy atom. The summed E-state index contributed by atoms with van der Waals surface area (Å²) >= 11 is 0. The van der Waals surface area contributed by atoms with E-state index in [1.165, 1.54) is 17.3 Å². The van der Waals surface area contributed by atoms with Crippen molar-refractivity contribution in [2.75, 3.05) is 20.1 Å². The van der Waals surface area contributed by atoms with Gasteiger partial charge in [-0.15, -0.1) is 0 Å². The fourth-order valence-electron chi connectivity index (χ4n) is 4.38. The molecule has 2 saturated heterocycles. The number of amides is 1. The first kappa shape index (κ1) is 16.3. The predicted octanol–water partition coefficient (Wildman–Crippen LogP) is 1.48. The van der Waals surface area contributed by atoms with Crippen LogP contribution in [0.5, 0.6) is 0 Å². The molecule has 132 valence electrons. The molecule has 0 radical (unpaired) electrons.